The van der Waals surface area contributed by atoms with Crippen LogP contribution in [0.3, 0.4) is 0 Å². The van der Waals surface area contributed by atoms with Gasteiger partial charge in [-0.25, -0.2) is 24.0 Å². The van der Waals surface area contributed by atoms with Gasteiger partial charge in [-0.2, -0.15) is 5.10 Å². The quantitative estimate of drug-likeness (QED) is 0.444. The molecule has 0 saturated heterocycles. The van der Waals surface area contributed by atoms with E-state index in [0.717, 1.165) is 0 Å². The zero-order chi connectivity index (χ0) is 22.2. The van der Waals surface area contributed by atoms with E-state index in [9.17, 15) is 4.39 Å². The molecule has 11 heteroatoms. The molecule has 0 bridgehead atoms. The summed E-state index contributed by atoms with van der Waals surface area (Å²) in [6, 6.07) is 11.0. The third-order valence-corrected chi connectivity index (χ3v) is 4.96. The topological polar surface area (TPSA) is 131 Å². The normalized spacial score (nSPS) is 12.2. The third kappa shape index (κ3) is 3.20. The lowest BCUT2D eigenvalue weighted by Gasteiger charge is -2.08. The molecule has 0 fully saturated rings. The van der Waals surface area contributed by atoms with E-state index in [-0.39, 0.29) is 23.2 Å². The summed E-state index contributed by atoms with van der Waals surface area (Å²) >= 11 is 0. The highest BCUT2D eigenvalue weighted by Crippen LogP contribution is 2.33. The van der Waals surface area contributed by atoms with E-state index in [0.29, 0.717) is 28.3 Å². The number of methoxy groups -OCH3 is 1. The molecule has 0 spiro atoms. The van der Waals surface area contributed by atoms with Crippen molar-refractivity contribution in [2.75, 3.05) is 12.8 Å². The SMILES string of the molecule is COc1cccc(-c2nn(C(C)c3nnc(-c4ccccc4F)o3)c3ncnc(N)c23)n1. The van der Waals surface area contributed by atoms with Crippen LogP contribution in [0.2, 0.25) is 0 Å². The molecule has 1 aromatic carbocycles. The summed E-state index contributed by atoms with van der Waals surface area (Å²) in [5, 5.41) is 13.3. The average molecular weight is 432 g/mol. The molecule has 4 aromatic heterocycles. The number of pyridine rings is 1. The number of nitrogen functional groups attached to an aromatic ring is 1. The molecule has 0 radical (unpaired) electrons. The van der Waals surface area contributed by atoms with Crippen LogP contribution in [0.1, 0.15) is 18.9 Å². The molecule has 0 saturated carbocycles. The lowest BCUT2D eigenvalue weighted by molar-refractivity contribution is 0.398. The molecule has 4 heterocycles. The Labute approximate surface area is 180 Å². The minimum atomic E-state index is -0.529. The molecule has 5 rings (SSSR count). The van der Waals surface area contributed by atoms with Crippen molar-refractivity contribution in [1.29, 1.82) is 0 Å². The van der Waals surface area contributed by atoms with Gasteiger partial charge in [0.25, 0.3) is 5.89 Å². The fraction of sp³-hybridized carbons (Fsp3) is 0.143. The first kappa shape index (κ1) is 19.5. The van der Waals surface area contributed by atoms with Gasteiger partial charge in [-0.15, -0.1) is 10.2 Å². The molecule has 10 nitrogen and oxygen atoms in total. The van der Waals surface area contributed by atoms with Crippen LogP contribution in [0.25, 0.3) is 33.9 Å². The number of anilines is 1. The summed E-state index contributed by atoms with van der Waals surface area (Å²) in [4.78, 5) is 12.9. The van der Waals surface area contributed by atoms with E-state index in [4.69, 9.17) is 14.9 Å². The molecule has 0 aliphatic carbocycles. The first-order chi connectivity index (χ1) is 15.6. The number of fused-ring (bicyclic) bond motifs is 1. The number of ether oxygens (including phenoxy) is 1. The van der Waals surface area contributed by atoms with E-state index in [2.05, 4.69) is 30.2 Å². The van der Waals surface area contributed by atoms with Gasteiger partial charge in [-0.05, 0) is 25.1 Å². The fourth-order valence-electron chi connectivity index (χ4n) is 3.36. The second kappa shape index (κ2) is 7.69. The highest BCUT2D eigenvalue weighted by molar-refractivity contribution is 5.97. The first-order valence-corrected chi connectivity index (χ1v) is 9.65. The van der Waals surface area contributed by atoms with Gasteiger partial charge in [0.1, 0.15) is 29.7 Å². The van der Waals surface area contributed by atoms with Crippen LogP contribution in [-0.2, 0) is 0 Å². The number of nitrogens with two attached hydrogens (primary N) is 1. The van der Waals surface area contributed by atoms with Gasteiger partial charge in [0.2, 0.25) is 11.8 Å². The van der Waals surface area contributed by atoms with Crippen LogP contribution in [0.4, 0.5) is 10.2 Å². The Morgan fingerprint density at radius 1 is 1.09 bits per heavy atom. The van der Waals surface area contributed by atoms with Crippen LogP contribution >= 0.6 is 0 Å². The predicted octanol–water partition coefficient (Wildman–Crippen LogP) is 3.28. The highest BCUT2D eigenvalue weighted by Gasteiger charge is 2.25. The molecule has 5 aromatic rings. The predicted molar refractivity (Wildman–Crippen MR) is 113 cm³/mol. The van der Waals surface area contributed by atoms with Crippen LogP contribution in [-0.4, -0.2) is 42.0 Å². The van der Waals surface area contributed by atoms with Crippen molar-refractivity contribution in [1.82, 2.24) is 34.9 Å². The van der Waals surface area contributed by atoms with Crippen molar-refractivity contribution in [3.8, 4) is 28.7 Å². The van der Waals surface area contributed by atoms with Gasteiger partial charge in [0.15, 0.2) is 5.65 Å². The van der Waals surface area contributed by atoms with Crippen molar-refractivity contribution in [2.24, 2.45) is 0 Å². The van der Waals surface area contributed by atoms with E-state index < -0.39 is 11.9 Å². The highest BCUT2D eigenvalue weighted by atomic mass is 19.1. The minimum Gasteiger partial charge on any atom is -0.481 e. The van der Waals surface area contributed by atoms with E-state index in [1.807, 2.05) is 6.92 Å². The van der Waals surface area contributed by atoms with Crippen molar-refractivity contribution in [2.45, 2.75) is 13.0 Å². The summed E-state index contributed by atoms with van der Waals surface area (Å²) in [5.41, 5.74) is 7.87. The summed E-state index contributed by atoms with van der Waals surface area (Å²) < 4.78 is 26.7. The summed E-state index contributed by atoms with van der Waals surface area (Å²) in [6.45, 7) is 1.81. The average Bonchev–Trinajstić information content (AvgIpc) is 3.45. The number of hydrogen-bond donors (Lipinski definition) is 1. The number of rotatable bonds is 5. The van der Waals surface area contributed by atoms with Crippen molar-refractivity contribution < 1.29 is 13.5 Å². The van der Waals surface area contributed by atoms with E-state index in [1.165, 1.54) is 19.5 Å². The summed E-state index contributed by atoms with van der Waals surface area (Å²) in [5.74, 6) is 0.540. The van der Waals surface area contributed by atoms with Crippen LogP contribution in [0.15, 0.2) is 53.2 Å². The monoisotopic (exact) mass is 432 g/mol. The van der Waals surface area contributed by atoms with Gasteiger partial charge in [0.05, 0.1) is 23.8 Å². The van der Waals surface area contributed by atoms with Crippen LogP contribution in [0.5, 0.6) is 5.88 Å². The molecular formula is C21H17FN8O2. The maximum Gasteiger partial charge on any atom is 0.250 e. The van der Waals surface area contributed by atoms with E-state index >= 15 is 0 Å². The van der Waals surface area contributed by atoms with Crippen LogP contribution < -0.4 is 10.5 Å². The Kier molecular flexibility index (Phi) is 4.70. The summed E-state index contributed by atoms with van der Waals surface area (Å²) in [6.07, 6.45) is 1.35. The van der Waals surface area contributed by atoms with Crippen molar-refractivity contribution in [3.05, 3.63) is 60.5 Å². The molecule has 1 atom stereocenters. The second-order valence-corrected chi connectivity index (χ2v) is 6.92. The lowest BCUT2D eigenvalue weighted by atomic mass is 10.2. The third-order valence-electron chi connectivity index (χ3n) is 4.96. The molecule has 0 aliphatic rings. The first-order valence-electron chi connectivity index (χ1n) is 9.65. The number of benzene rings is 1. The minimum absolute atomic E-state index is 0.0743. The molecule has 1 unspecified atom stereocenters. The second-order valence-electron chi connectivity index (χ2n) is 6.92. The van der Waals surface area contributed by atoms with Gasteiger partial charge in [0, 0.05) is 6.07 Å². The lowest BCUT2D eigenvalue weighted by Crippen LogP contribution is -2.10. The van der Waals surface area contributed by atoms with Gasteiger partial charge >= 0.3 is 0 Å². The van der Waals surface area contributed by atoms with Crippen molar-refractivity contribution >= 4 is 16.9 Å². The Bertz CT molecular complexity index is 1430. The summed E-state index contributed by atoms with van der Waals surface area (Å²) in [7, 11) is 1.53. The molecule has 32 heavy (non-hydrogen) atoms. The van der Waals surface area contributed by atoms with Gasteiger partial charge < -0.3 is 14.9 Å². The molecular weight excluding hydrogens is 415 g/mol. The molecule has 2 N–H and O–H groups in total. The molecule has 160 valence electrons. The smallest absolute Gasteiger partial charge is 0.250 e. The maximum absolute atomic E-state index is 14.1. The van der Waals surface area contributed by atoms with Crippen molar-refractivity contribution in [3.63, 3.8) is 0 Å². The Hall–Kier alpha value is -4.41. The Morgan fingerprint density at radius 2 is 1.94 bits per heavy atom. The number of hydrogen-bond acceptors (Lipinski definition) is 9. The standard InChI is InChI=1S/C21H17FN8O2/c1-11(20-27-28-21(32-20)12-6-3-4-7-13(12)22)30-19-16(18(23)24-10-25-19)17(29-30)14-8-5-9-15(26-14)31-2/h3-11H,1-2H3,(H2,23,24,25). The zero-order valence-corrected chi connectivity index (χ0v) is 17.1. The molecule has 0 amide bonds. The number of aromatic nitrogens is 7. The largest absolute Gasteiger partial charge is 0.481 e. The van der Waals surface area contributed by atoms with Gasteiger partial charge in [-0.1, -0.05) is 18.2 Å². The Morgan fingerprint density at radius 3 is 2.75 bits per heavy atom. The fourth-order valence-corrected chi connectivity index (χ4v) is 3.36. The van der Waals surface area contributed by atoms with Gasteiger partial charge in [-0.3, -0.25) is 0 Å². The maximum atomic E-state index is 14.1. The number of nitrogens with zero attached hydrogens (tertiary/aromatic N) is 7. The number of halogens is 1. The Balaban J connectivity index is 1.62. The van der Waals surface area contributed by atoms with E-state index in [1.54, 1.807) is 41.1 Å². The molecule has 0 aliphatic heterocycles. The van der Waals surface area contributed by atoms with Crippen LogP contribution in [0, 0.1) is 5.82 Å². The zero-order valence-electron chi connectivity index (χ0n) is 17.1.